The van der Waals surface area contributed by atoms with Gasteiger partial charge in [0.1, 0.15) is 0 Å². The Labute approximate surface area is 159 Å². The van der Waals surface area contributed by atoms with Crippen LogP contribution in [0.3, 0.4) is 0 Å². The number of rotatable bonds is 7. The van der Waals surface area contributed by atoms with Gasteiger partial charge in [-0.1, -0.05) is 30.3 Å². The van der Waals surface area contributed by atoms with E-state index in [9.17, 15) is 4.79 Å². The van der Waals surface area contributed by atoms with E-state index in [2.05, 4.69) is 40.3 Å². The van der Waals surface area contributed by atoms with Gasteiger partial charge in [-0.15, -0.1) is 0 Å². The molecule has 1 heterocycles. The van der Waals surface area contributed by atoms with Gasteiger partial charge in [0, 0.05) is 35.4 Å². The van der Waals surface area contributed by atoms with Crippen LogP contribution in [0.1, 0.15) is 25.3 Å². The van der Waals surface area contributed by atoms with Crippen LogP contribution in [-0.2, 0) is 16.1 Å². The predicted octanol–water partition coefficient (Wildman–Crippen LogP) is 5.07. The molecular weight excluding hydrogens is 336 g/mol. The number of carbonyl (C=O) groups excluding carboxylic acids is 1. The van der Waals surface area contributed by atoms with Crippen molar-refractivity contribution in [1.82, 2.24) is 4.57 Å². The van der Waals surface area contributed by atoms with Crippen molar-refractivity contribution in [2.45, 2.75) is 26.3 Å². The van der Waals surface area contributed by atoms with Gasteiger partial charge < -0.3 is 14.6 Å². The highest BCUT2D eigenvalue weighted by Gasteiger charge is 2.22. The van der Waals surface area contributed by atoms with Gasteiger partial charge in [0.05, 0.1) is 12.3 Å². The molecule has 0 bridgehead atoms. The number of benzene rings is 2. The molecule has 1 aliphatic rings. The number of anilines is 1. The van der Waals surface area contributed by atoms with E-state index in [1.165, 1.54) is 29.8 Å². The Morgan fingerprint density at radius 1 is 1.19 bits per heavy atom. The van der Waals surface area contributed by atoms with Crippen LogP contribution in [0.2, 0.25) is 0 Å². The van der Waals surface area contributed by atoms with Crippen LogP contribution >= 0.6 is 0 Å². The van der Waals surface area contributed by atoms with Gasteiger partial charge in [-0.25, -0.2) is 4.79 Å². The molecule has 4 nitrogen and oxygen atoms in total. The van der Waals surface area contributed by atoms with Gasteiger partial charge in [-0.05, 0) is 55.5 Å². The van der Waals surface area contributed by atoms with E-state index < -0.39 is 0 Å². The summed E-state index contributed by atoms with van der Waals surface area (Å²) in [5.41, 5.74) is 3.87. The Balaban J connectivity index is 1.61. The average molecular weight is 360 g/mol. The fourth-order valence-corrected chi connectivity index (χ4v) is 3.28. The van der Waals surface area contributed by atoms with Crippen molar-refractivity contribution < 1.29 is 9.53 Å². The third-order valence-electron chi connectivity index (χ3n) is 4.84. The van der Waals surface area contributed by atoms with Crippen molar-refractivity contribution >= 4 is 28.3 Å². The summed E-state index contributed by atoms with van der Waals surface area (Å²) in [5, 5.41) is 4.59. The maximum atomic E-state index is 12.0. The number of ether oxygens (including phenoxy) is 1. The first kappa shape index (κ1) is 17.4. The summed E-state index contributed by atoms with van der Waals surface area (Å²) in [4.78, 5) is 12.0. The minimum absolute atomic E-state index is 0.347. The zero-order valence-corrected chi connectivity index (χ0v) is 15.5. The lowest BCUT2D eigenvalue weighted by molar-refractivity contribution is -0.137. The van der Waals surface area contributed by atoms with Crippen LogP contribution in [0.5, 0.6) is 0 Å². The molecule has 1 fully saturated rings. The van der Waals surface area contributed by atoms with Gasteiger partial charge >= 0.3 is 5.97 Å². The summed E-state index contributed by atoms with van der Waals surface area (Å²) < 4.78 is 7.43. The van der Waals surface area contributed by atoms with Gasteiger partial charge in [0.15, 0.2) is 0 Å². The van der Waals surface area contributed by atoms with E-state index in [1.807, 2.05) is 37.3 Å². The van der Waals surface area contributed by atoms with Crippen molar-refractivity contribution in [2.75, 3.05) is 11.9 Å². The fraction of sp³-hybridized carbons (Fsp3) is 0.261. The largest absolute Gasteiger partial charge is 0.463 e. The molecule has 1 aliphatic carbocycles. The van der Waals surface area contributed by atoms with Crippen LogP contribution < -0.4 is 5.32 Å². The van der Waals surface area contributed by atoms with E-state index in [1.54, 1.807) is 0 Å². The Bertz CT molecular complexity index is 968. The second-order valence-corrected chi connectivity index (χ2v) is 6.99. The lowest BCUT2D eigenvalue weighted by Crippen LogP contribution is -2.06. The van der Waals surface area contributed by atoms with Crippen molar-refractivity contribution in [3.05, 3.63) is 72.4 Å². The molecule has 0 unspecified atom stereocenters. The van der Waals surface area contributed by atoms with Crippen molar-refractivity contribution in [1.29, 1.82) is 0 Å². The monoisotopic (exact) mass is 360 g/mol. The number of hydrogen-bond acceptors (Lipinski definition) is 3. The van der Waals surface area contributed by atoms with E-state index in [-0.39, 0.29) is 5.97 Å². The molecule has 1 N–H and O–H groups in total. The third-order valence-corrected chi connectivity index (χ3v) is 4.84. The van der Waals surface area contributed by atoms with Crippen LogP contribution in [0, 0.1) is 5.92 Å². The highest BCUT2D eigenvalue weighted by Crippen LogP contribution is 2.32. The number of fused-ring (bicyclic) bond motifs is 1. The standard InChI is InChI=1S/C23H24N2O2/c1-2-27-23(26)15-21(18-6-4-3-5-7-18)24-20-10-11-22-19(14-20)12-13-25(22)16-17-8-9-17/h3-7,10-15,17,24H,2,8-9,16H2,1H3/b21-15+. The first-order valence-electron chi connectivity index (χ1n) is 9.52. The van der Waals surface area contributed by atoms with Crippen LogP contribution in [-0.4, -0.2) is 17.1 Å². The van der Waals surface area contributed by atoms with Gasteiger partial charge in [-0.2, -0.15) is 0 Å². The molecule has 0 spiro atoms. The Kier molecular flexibility index (Phi) is 4.97. The summed E-state index contributed by atoms with van der Waals surface area (Å²) in [6, 6.07) is 18.3. The fourth-order valence-electron chi connectivity index (χ4n) is 3.28. The molecule has 0 atom stereocenters. The first-order chi connectivity index (χ1) is 13.2. The summed E-state index contributed by atoms with van der Waals surface area (Å²) in [6.45, 7) is 3.27. The second kappa shape index (κ2) is 7.70. The quantitative estimate of drug-likeness (QED) is 0.473. The molecule has 2 aromatic carbocycles. The number of hydrogen-bond donors (Lipinski definition) is 1. The molecule has 138 valence electrons. The number of nitrogens with zero attached hydrogens (tertiary/aromatic N) is 1. The van der Waals surface area contributed by atoms with Crippen molar-refractivity contribution in [2.24, 2.45) is 5.92 Å². The first-order valence-corrected chi connectivity index (χ1v) is 9.52. The molecule has 3 aromatic rings. The summed E-state index contributed by atoms with van der Waals surface area (Å²) >= 11 is 0. The minimum atomic E-state index is -0.347. The SMILES string of the molecule is CCOC(=O)/C=C(/Nc1ccc2c(ccn2CC2CC2)c1)c1ccccc1. The zero-order chi connectivity index (χ0) is 18.6. The lowest BCUT2D eigenvalue weighted by Gasteiger charge is -2.12. The molecule has 0 amide bonds. The highest BCUT2D eigenvalue weighted by atomic mass is 16.5. The molecule has 27 heavy (non-hydrogen) atoms. The van der Waals surface area contributed by atoms with E-state index in [0.717, 1.165) is 29.4 Å². The Morgan fingerprint density at radius 3 is 2.74 bits per heavy atom. The van der Waals surface area contributed by atoms with Gasteiger partial charge in [-0.3, -0.25) is 0 Å². The zero-order valence-electron chi connectivity index (χ0n) is 15.5. The van der Waals surface area contributed by atoms with Crippen LogP contribution in [0.15, 0.2) is 66.9 Å². The van der Waals surface area contributed by atoms with Gasteiger partial charge in [0.25, 0.3) is 0 Å². The van der Waals surface area contributed by atoms with Gasteiger partial charge in [0.2, 0.25) is 0 Å². The molecule has 0 saturated heterocycles. The van der Waals surface area contributed by atoms with E-state index in [4.69, 9.17) is 4.74 Å². The third kappa shape index (κ3) is 4.22. The molecule has 1 aromatic heterocycles. The maximum absolute atomic E-state index is 12.0. The van der Waals surface area contributed by atoms with Crippen LogP contribution in [0.25, 0.3) is 16.6 Å². The summed E-state index contributed by atoms with van der Waals surface area (Å²) in [5.74, 6) is 0.496. The minimum Gasteiger partial charge on any atom is -0.463 e. The van der Waals surface area contributed by atoms with Crippen LogP contribution in [0.4, 0.5) is 5.69 Å². The summed E-state index contributed by atoms with van der Waals surface area (Å²) in [7, 11) is 0. The Morgan fingerprint density at radius 2 is 2.00 bits per heavy atom. The number of esters is 1. The van der Waals surface area contributed by atoms with E-state index in [0.29, 0.717) is 6.61 Å². The smallest absolute Gasteiger partial charge is 0.332 e. The Hall–Kier alpha value is -3.01. The predicted molar refractivity (Wildman–Crippen MR) is 109 cm³/mol. The molecule has 4 rings (SSSR count). The summed E-state index contributed by atoms with van der Waals surface area (Å²) in [6.07, 6.45) is 6.37. The topological polar surface area (TPSA) is 43.3 Å². The average Bonchev–Trinajstić information content (AvgIpc) is 3.41. The number of nitrogens with one attached hydrogen (secondary N) is 1. The molecule has 4 heteroatoms. The number of aromatic nitrogens is 1. The van der Waals surface area contributed by atoms with Crippen molar-refractivity contribution in [3.63, 3.8) is 0 Å². The van der Waals surface area contributed by atoms with Crippen molar-refractivity contribution in [3.8, 4) is 0 Å². The molecule has 0 radical (unpaired) electrons. The normalized spacial score (nSPS) is 14.3. The van der Waals surface area contributed by atoms with E-state index >= 15 is 0 Å². The molecular formula is C23H24N2O2. The second-order valence-electron chi connectivity index (χ2n) is 6.99. The lowest BCUT2D eigenvalue weighted by atomic mass is 10.1. The molecule has 1 saturated carbocycles. The number of carbonyl (C=O) groups is 1. The highest BCUT2D eigenvalue weighted by molar-refractivity contribution is 5.95. The molecule has 0 aliphatic heterocycles. The maximum Gasteiger partial charge on any atom is 0.332 e.